The molecule has 0 aliphatic carbocycles. The monoisotopic (exact) mass is 317 g/mol. The van der Waals surface area contributed by atoms with Gasteiger partial charge in [-0.3, -0.25) is 9.59 Å². The number of ether oxygens (including phenoxy) is 2. The first-order valence-corrected chi connectivity index (χ1v) is 8.09. The van der Waals surface area contributed by atoms with Crippen molar-refractivity contribution >= 4 is 11.9 Å². The fourth-order valence-electron chi connectivity index (χ4n) is 4.16. The van der Waals surface area contributed by atoms with Crippen molar-refractivity contribution in [2.45, 2.75) is 49.5 Å². The first-order valence-electron chi connectivity index (χ1n) is 8.09. The molecule has 4 rings (SSSR count). The maximum absolute atomic E-state index is 12.5. The van der Waals surface area contributed by atoms with Gasteiger partial charge in [0.05, 0.1) is 12.0 Å². The van der Waals surface area contributed by atoms with Crippen molar-refractivity contribution in [1.82, 2.24) is 5.32 Å². The van der Waals surface area contributed by atoms with Crippen LogP contribution in [-0.4, -0.2) is 42.4 Å². The molecule has 3 fully saturated rings. The number of terminal acetylenes is 1. The molecule has 0 radical (unpaired) electrons. The van der Waals surface area contributed by atoms with Gasteiger partial charge in [-0.25, -0.2) is 0 Å². The van der Waals surface area contributed by atoms with E-state index in [0.29, 0.717) is 25.8 Å². The van der Waals surface area contributed by atoms with Crippen LogP contribution in [0, 0.1) is 24.2 Å². The molecule has 0 unspecified atom stereocenters. The average Bonchev–Trinajstić information content (AvgIpc) is 2.92. The smallest absolute Gasteiger partial charge is 0.313 e. The third kappa shape index (κ3) is 2.24. The van der Waals surface area contributed by atoms with Gasteiger partial charge in [0, 0.05) is 25.8 Å². The number of hydrogen-bond donors (Lipinski definition) is 1. The Kier molecular flexibility index (Phi) is 3.20. The molecule has 4 aliphatic heterocycles. The average molecular weight is 317 g/mol. The van der Waals surface area contributed by atoms with E-state index in [0.717, 1.165) is 12.8 Å². The number of fused-ring (bicyclic) bond motifs is 1. The molecule has 0 aromatic heterocycles. The molecule has 1 N–H and O–H groups in total. The summed E-state index contributed by atoms with van der Waals surface area (Å²) >= 11 is 0. The predicted molar refractivity (Wildman–Crippen MR) is 78.1 cm³/mol. The zero-order chi connectivity index (χ0) is 16.1. The lowest BCUT2D eigenvalue weighted by molar-refractivity contribution is -0.146. The highest BCUT2D eigenvalue weighted by atomic mass is 16.6. The standard InChI is InChI=1S/C16H19N3O4/c1-2-3-5-16(18-19-16)7-8-17-13(20)11-10-4-6-15(23-10)9-22-14(21)12(11)15/h1,10-12H,3-9H2,(H,17,20)/t10-,11-,12+,15-/m1/s1. The van der Waals surface area contributed by atoms with E-state index >= 15 is 0 Å². The molecule has 7 heteroatoms. The van der Waals surface area contributed by atoms with Crippen molar-refractivity contribution in [3.63, 3.8) is 0 Å². The van der Waals surface area contributed by atoms with Gasteiger partial charge < -0.3 is 14.8 Å². The fourth-order valence-corrected chi connectivity index (χ4v) is 4.16. The minimum absolute atomic E-state index is 0.131. The largest absolute Gasteiger partial charge is 0.462 e. The second kappa shape index (κ2) is 5.03. The van der Waals surface area contributed by atoms with Gasteiger partial charge in [-0.2, -0.15) is 10.2 Å². The summed E-state index contributed by atoms with van der Waals surface area (Å²) < 4.78 is 11.1. The first-order chi connectivity index (χ1) is 11.1. The Bertz CT molecular complexity index is 619. The molecular formula is C16H19N3O4. The second-order valence-electron chi connectivity index (χ2n) is 6.80. The molecule has 23 heavy (non-hydrogen) atoms. The SMILES string of the molecule is C#CCCC1(CCNC(=O)[C@H]2[C@H]3C(=O)OC[C@]34CC[C@H]2O4)N=N1. The number of hydrogen-bond acceptors (Lipinski definition) is 6. The highest BCUT2D eigenvalue weighted by Crippen LogP contribution is 2.54. The van der Waals surface area contributed by atoms with Crippen molar-refractivity contribution in [2.75, 3.05) is 13.2 Å². The summed E-state index contributed by atoms with van der Waals surface area (Å²) in [6.45, 7) is 0.748. The number of esters is 1. The normalized spacial score (nSPS) is 38.0. The summed E-state index contributed by atoms with van der Waals surface area (Å²) in [7, 11) is 0. The molecule has 7 nitrogen and oxygen atoms in total. The first kappa shape index (κ1) is 14.6. The highest BCUT2D eigenvalue weighted by Gasteiger charge is 2.68. The van der Waals surface area contributed by atoms with E-state index in [1.54, 1.807) is 0 Å². The molecule has 1 amide bonds. The van der Waals surface area contributed by atoms with Gasteiger partial charge in [-0.1, -0.05) is 0 Å². The number of nitrogens with zero attached hydrogens (tertiary/aromatic N) is 2. The minimum Gasteiger partial charge on any atom is -0.462 e. The van der Waals surface area contributed by atoms with E-state index in [1.165, 1.54) is 0 Å². The van der Waals surface area contributed by atoms with E-state index in [4.69, 9.17) is 15.9 Å². The summed E-state index contributed by atoms with van der Waals surface area (Å²) in [4.78, 5) is 24.5. The van der Waals surface area contributed by atoms with Crippen molar-refractivity contribution < 1.29 is 19.1 Å². The fraction of sp³-hybridized carbons (Fsp3) is 0.750. The maximum Gasteiger partial charge on any atom is 0.313 e. The Labute approximate surface area is 134 Å². The molecule has 3 saturated heterocycles. The van der Waals surface area contributed by atoms with Gasteiger partial charge >= 0.3 is 5.97 Å². The molecule has 1 spiro atoms. The van der Waals surface area contributed by atoms with Crippen molar-refractivity contribution in [3.05, 3.63) is 0 Å². The zero-order valence-corrected chi connectivity index (χ0v) is 12.8. The molecule has 4 atom stereocenters. The third-order valence-electron chi connectivity index (χ3n) is 5.46. The number of carbonyl (C=O) groups is 2. The quantitative estimate of drug-likeness (QED) is 0.579. The Balaban J connectivity index is 1.33. The molecule has 0 aromatic rings. The van der Waals surface area contributed by atoms with Crippen molar-refractivity contribution in [1.29, 1.82) is 0 Å². The van der Waals surface area contributed by atoms with Crippen LogP contribution in [0.25, 0.3) is 0 Å². The van der Waals surface area contributed by atoms with Gasteiger partial charge in [-0.05, 0) is 12.8 Å². The summed E-state index contributed by atoms with van der Waals surface area (Å²) in [6.07, 6.45) is 8.67. The molecule has 4 heterocycles. The van der Waals surface area contributed by atoms with E-state index < -0.39 is 23.1 Å². The molecule has 0 aromatic carbocycles. The Morgan fingerprint density at radius 1 is 1.43 bits per heavy atom. The van der Waals surface area contributed by atoms with Crippen molar-refractivity contribution in [2.24, 2.45) is 22.1 Å². The predicted octanol–water partition coefficient (Wildman–Crippen LogP) is 0.789. The maximum atomic E-state index is 12.5. The summed E-state index contributed by atoms with van der Waals surface area (Å²) in [5.74, 6) is 1.26. The number of nitrogens with one attached hydrogen (secondary N) is 1. The molecule has 122 valence electrons. The van der Waals surface area contributed by atoms with Gasteiger partial charge in [0.25, 0.3) is 0 Å². The molecular weight excluding hydrogens is 298 g/mol. The van der Waals surface area contributed by atoms with Crippen LogP contribution in [0.2, 0.25) is 0 Å². The molecule has 2 bridgehead atoms. The zero-order valence-electron chi connectivity index (χ0n) is 12.8. The van der Waals surface area contributed by atoms with Crippen LogP contribution >= 0.6 is 0 Å². The van der Waals surface area contributed by atoms with Gasteiger partial charge in [0.1, 0.15) is 18.1 Å². The number of rotatable bonds is 6. The molecule has 4 aliphatic rings. The Hall–Kier alpha value is -1.94. The van der Waals surface area contributed by atoms with Crippen LogP contribution in [-0.2, 0) is 19.1 Å². The number of cyclic esters (lactones) is 1. The van der Waals surface area contributed by atoms with E-state index in [2.05, 4.69) is 21.5 Å². The lowest BCUT2D eigenvalue weighted by Crippen LogP contribution is -2.46. The van der Waals surface area contributed by atoms with E-state index in [1.807, 2.05) is 0 Å². The Morgan fingerprint density at radius 2 is 2.26 bits per heavy atom. The molecule has 0 saturated carbocycles. The van der Waals surface area contributed by atoms with Gasteiger partial charge in [0.15, 0.2) is 5.66 Å². The van der Waals surface area contributed by atoms with Crippen LogP contribution in [0.1, 0.15) is 32.1 Å². The minimum atomic E-state index is -0.557. The van der Waals surface area contributed by atoms with Crippen LogP contribution in [0.3, 0.4) is 0 Å². The van der Waals surface area contributed by atoms with Crippen LogP contribution < -0.4 is 5.32 Å². The number of carbonyl (C=O) groups excluding carboxylic acids is 2. The lowest BCUT2D eigenvalue weighted by atomic mass is 9.73. The second-order valence-corrected chi connectivity index (χ2v) is 6.80. The third-order valence-corrected chi connectivity index (χ3v) is 5.46. The number of amides is 1. The summed E-state index contributed by atoms with van der Waals surface area (Å²) in [5, 5.41) is 11.0. The van der Waals surface area contributed by atoms with Gasteiger partial charge in [0.2, 0.25) is 5.91 Å². The van der Waals surface area contributed by atoms with Crippen molar-refractivity contribution in [3.8, 4) is 12.3 Å². The highest BCUT2D eigenvalue weighted by molar-refractivity contribution is 5.89. The van der Waals surface area contributed by atoms with Gasteiger partial charge in [-0.15, -0.1) is 12.3 Å². The lowest BCUT2D eigenvalue weighted by Gasteiger charge is -2.25. The van der Waals surface area contributed by atoms with Crippen LogP contribution in [0.4, 0.5) is 0 Å². The summed E-state index contributed by atoms with van der Waals surface area (Å²) in [5.41, 5.74) is -0.961. The topological polar surface area (TPSA) is 89.4 Å². The Morgan fingerprint density at radius 3 is 3.00 bits per heavy atom. The van der Waals surface area contributed by atoms with Crippen LogP contribution in [0.5, 0.6) is 0 Å². The van der Waals surface area contributed by atoms with Crippen LogP contribution in [0.15, 0.2) is 10.2 Å². The summed E-state index contributed by atoms with van der Waals surface area (Å²) in [6, 6.07) is 0. The van der Waals surface area contributed by atoms with E-state index in [-0.39, 0.29) is 24.6 Å². The van der Waals surface area contributed by atoms with E-state index in [9.17, 15) is 9.59 Å².